The number of nitrogens with one attached hydrogen (secondary N) is 1. The molecule has 0 aliphatic carbocycles. The molecule has 0 aromatic heterocycles. The first-order valence-electron chi connectivity index (χ1n) is 4.87. The van der Waals surface area contributed by atoms with Crippen LogP contribution in [-0.4, -0.2) is 25.5 Å². The molecule has 1 saturated heterocycles. The van der Waals surface area contributed by atoms with Crippen LogP contribution in [0.2, 0.25) is 0 Å². The van der Waals surface area contributed by atoms with E-state index in [0.717, 1.165) is 19.6 Å². The third-order valence-corrected chi connectivity index (χ3v) is 3.13. The van der Waals surface area contributed by atoms with E-state index < -0.39 is 0 Å². The van der Waals surface area contributed by atoms with Crippen LogP contribution in [0.1, 0.15) is 6.42 Å². The predicted molar refractivity (Wildman–Crippen MR) is 61.1 cm³/mol. The normalized spacial score (nSPS) is 21.1. The third-order valence-electron chi connectivity index (χ3n) is 2.39. The molecule has 1 atom stereocenters. The average Bonchev–Trinajstić information content (AvgIpc) is 2.72. The number of anilines is 1. The Hall–Kier alpha value is -0.670. The first kappa shape index (κ1) is 9.87. The zero-order valence-electron chi connectivity index (χ0n) is 8.32. The van der Waals surface area contributed by atoms with Crippen molar-refractivity contribution in [1.29, 1.82) is 0 Å². The fraction of sp³-hybridized carbons (Fsp3) is 0.455. The monoisotopic (exact) mass is 209 g/mol. The molecule has 0 radical (unpaired) electrons. The zero-order valence-corrected chi connectivity index (χ0v) is 9.14. The molecule has 1 unspecified atom stereocenters. The van der Waals surface area contributed by atoms with Crippen LogP contribution >= 0.6 is 11.8 Å². The van der Waals surface area contributed by atoms with Gasteiger partial charge in [-0.3, -0.25) is 0 Å². The summed E-state index contributed by atoms with van der Waals surface area (Å²) in [6.07, 6.45) is 3.21. The maximum Gasteiger partial charge on any atom is 0.0668 e. The van der Waals surface area contributed by atoms with Crippen LogP contribution < -0.4 is 5.32 Å². The fourth-order valence-electron chi connectivity index (χ4n) is 1.57. The highest BCUT2D eigenvalue weighted by atomic mass is 32.2. The van der Waals surface area contributed by atoms with Gasteiger partial charge in [-0.15, -0.1) is 11.8 Å². The summed E-state index contributed by atoms with van der Waals surface area (Å²) in [4.78, 5) is 1.30. The van der Waals surface area contributed by atoms with Crippen molar-refractivity contribution in [3.63, 3.8) is 0 Å². The summed E-state index contributed by atoms with van der Waals surface area (Å²) in [6, 6.07) is 9.04. The first-order chi connectivity index (χ1) is 6.88. The quantitative estimate of drug-likeness (QED) is 0.773. The Morgan fingerprint density at radius 1 is 1.36 bits per heavy atom. The van der Waals surface area contributed by atoms with Crippen molar-refractivity contribution in [2.24, 2.45) is 0 Å². The van der Waals surface area contributed by atoms with Crippen molar-refractivity contribution >= 4 is 17.4 Å². The van der Waals surface area contributed by atoms with Gasteiger partial charge in [0, 0.05) is 17.2 Å². The lowest BCUT2D eigenvalue weighted by atomic mass is 10.2. The second-order valence-electron chi connectivity index (χ2n) is 3.43. The number of ether oxygens (including phenoxy) is 1. The molecule has 76 valence electrons. The summed E-state index contributed by atoms with van der Waals surface area (Å²) >= 11 is 1.77. The lowest BCUT2D eigenvalue weighted by Gasteiger charge is -2.12. The lowest BCUT2D eigenvalue weighted by molar-refractivity contribution is 0.195. The van der Waals surface area contributed by atoms with Gasteiger partial charge < -0.3 is 10.1 Å². The van der Waals surface area contributed by atoms with Crippen molar-refractivity contribution in [1.82, 2.24) is 0 Å². The minimum Gasteiger partial charge on any atom is -0.380 e. The average molecular weight is 209 g/mol. The molecule has 14 heavy (non-hydrogen) atoms. The van der Waals surface area contributed by atoms with Crippen LogP contribution in [0.3, 0.4) is 0 Å². The van der Waals surface area contributed by atoms with Gasteiger partial charge in [-0.05, 0) is 36.9 Å². The van der Waals surface area contributed by atoms with E-state index in [1.807, 2.05) is 0 Å². The highest BCUT2D eigenvalue weighted by Crippen LogP contribution is 2.19. The van der Waals surface area contributed by atoms with Gasteiger partial charge in [0.15, 0.2) is 0 Å². The molecule has 1 aromatic carbocycles. The highest BCUT2D eigenvalue weighted by molar-refractivity contribution is 7.98. The molecule has 0 bridgehead atoms. The third kappa shape index (κ3) is 2.42. The van der Waals surface area contributed by atoms with Gasteiger partial charge in [0.05, 0.1) is 12.6 Å². The molecule has 1 heterocycles. The minimum atomic E-state index is 0.495. The second-order valence-corrected chi connectivity index (χ2v) is 4.31. The Labute approximate surface area is 89.0 Å². The minimum absolute atomic E-state index is 0.495. The van der Waals surface area contributed by atoms with Gasteiger partial charge in [-0.2, -0.15) is 0 Å². The van der Waals surface area contributed by atoms with Gasteiger partial charge in [0.25, 0.3) is 0 Å². The summed E-state index contributed by atoms with van der Waals surface area (Å²) < 4.78 is 5.31. The number of rotatable bonds is 3. The molecule has 1 N–H and O–H groups in total. The van der Waals surface area contributed by atoms with Gasteiger partial charge in [-0.25, -0.2) is 0 Å². The van der Waals surface area contributed by atoms with Crippen molar-refractivity contribution in [2.45, 2.75) is 17.4 Å². The Morgan fingerprint density at radius 2 is 2.14 bits per heavy atom. The molecule has 1 aliphatic rings. The molecular weight excluding hydrogens is 194 g/mol. The number of hydrogen-bond acceptors (Lipinski definition) is 3. The molecule has 1 aromatic rings. The lowest BCUT2D eigenvalue weighted by Crippen LogP contribution is -2.18. The van der Waals surface area contributed by atoms with Crippen molar-refractivity contribution in [3.05, 3.63) is 24.3 Å². The Bertz CT molecular complexity index is 280. The topological polar surface area (TPSA) is 21.3 Å². The van der Waals surface area contributed by atoms with Crippen molar-refractivity contribution in [3.8, 4) is 0 Å². The maximum atomic E-state index is 5.31. The molecule has 0 saturated carbocycles. The maximum absolute atomic E-state index is 5.31. The summed E-state index contributed by atoms with van der Waals surface area (Å²) in [5, 5.41) is 3.46. The smallest absolute Gasteiger partial charge is 0.0668 e. The molecule has 2 rings (SSSR count). The van der Waals surface area contributed by atoms with E-state index in [0.29, 0.717) is 6.04 Å². The van der Waals surface area contributed by atoms with E-state index in [-0.39, 0.29) is 0 Å². The molecule has 3 heteroatoms. The molecule has 0 spiro atoms. The van der Waals surface area contributed by atoms with Crippen LogP contribution in [0.4, 0.5) is 5.69 Å². The van der Waals surface area contributed by atoms with Crippen molar-refractivity contribution in [2.75, 3.05) is 24.8 Å². The molecule has 1 fully saturated rings. The van der Waals surface area contributed by atoms with Crippen molar-refractivity contribution < 1.29 is 4.74 Å². The number of thioether (sulfide) groups is 1. The fourth-order valence-corrected chi connectivity index (χ4v) is 1.98. The van der Waals surface area contributed by atoms with E-state index in [2.05, 4.69) is 35.8 Å². The number of hydrogen-bond donors (Lipinski definition) is 1. The Kier molecular flexibility index (Phi) is 3.32. The van der Waals surface area contributed by atoms with E-state index in [1.165, 1.54) is 10.6 Å². The summed E-state index contributed by atoms with van der Waals surface area (Å²) in [5.41, 5.74) is 1.19. The Morgan fingerprint density at radius 3 is 2.71 bits per heavy atom. The van der Waals surface area contributed by atoms with Gasteiger partial charge >= 0.3 is 0 Å². The first-order valence-corrected chi connectivity index (χ1v) is 6.09. The largest absolute Gasteiger partial charge is 0.380 e. The van der Waals surface area contributed by atoms with E-state index in [9.17, 15) is 0 Å². The molecular formula is C11H15NOS. The van der Waals surface area contributed by atoms with E-state index in [4.69, 9.17) is 4.74 Å². The summed E-state index contributed by atoms with van der Waals surface area (Å²) in [5.74, 6) is 0. The standard InChI is InChI=1S/C11H15NOS/c1-14-11-4-2-9(3-5-11)12-10-6-7-13-8-10/h2-5,10,12H,6-8H2,1H3. The van der Waals surface area contributed by atoms with Gasteiger partial charge in [-0.1, -0.05) is 0 Å². The van der Waals surface area contributed by atoms with E-state index in [1.54, 1.807) is 11.8 Å². The van der Waals surface area contributed by atoms with Crippen LogP contribution in [0.15, 0.2) is 29.2 Å². The van der Waals surface area contributed by atoms with Crippen LogP contribution in [-0.2, 0) is 4.74 Å². The van der Waals surface area contributed by atoms with Crippen LogP contribution in [0, 0.1) is 0 Å². The SMILES string of the molecule is CSc1ccc(NC2CCOC2)cc1. The van der Waals surface area contributed by atoms with Gasteiger partial charge in [0.2, 0.25) is 0 Å². The van der Waals surface area contributed by atoms with Gasteiger partial charge in [0.1, 0.15) is 0 Å². The predicted octanol–water partition coefficient (Wildman–Crippen LogP) is 2.61. The highest BCUT2D eigenvalue weighted by Gasteiger charge is 2.14. The number of benzene rings is 1. The summed E-state index contributed by atoms with van der Waals surface area (Å²) in [6.45, 7) is 1.73. The van der Waals surface area contributed by atoms with E-state index >= 15 is 0 Å². The Balaban J connectivity index is 1.95. The molecule has 1 aliphatic heterocycles. The molecule has 2 nitrogen and oxygen atoms in total. The molecule has 0 amide bonds. The van der Waals surface area contributed by atoms with Crippen LogP contribution in [0.5, 0.6) is 0 Å². The zero-order chi connectivity index (χ0) is 9.80. The van der Waals surface area contributed by atoms with Crippen LogP contribution in [0.25, 0.3) is 0 Å². The second kappa shape index (κ2) is 4.71. The summed E-state index contributed by atoms with van der Waals surface area (Å²) in [7, 11) is 0.